The number of carbonyl (C=O) groups is 2. The van der Waals surface area contributed by atoms with Gasteiger partial charge in [0, 0.05) is 17.6 Å². The molecule has 3 aromatic rings. The first-order valence-electron chi connectivity index (χ1n) is 7.81. The average molecular weight is 353 g/mol. The van der Waals surface area contributed by atoms with E-state index in [9.17, 15) is 14.4 Å². The predicted octanol–water partition coefficient (Wildman–Crippen LogP) is 1.66. The zero-order valence-electron chi connectivity index (χ0n) is 13.8. The normalized spacial score (nSPS) is 10.3. The van der Waals surface area contributed by atoms with E-state index in [0.29, 0.717) is 23.3 Å². The highest BCUT2D eigenvalue weighted by molar-refractivity contribution is 5.99. The van der Waals surface area contributed by atoms with Crippen molar-refractivity contribution in [2.24, 2.45) is 0 Å². The lowest BCUT2D eigenvalue weighted by molar-refractivity contribution is 0.0842. The van der Waals surface area contributed by atoms with Gasteiger partial charge in [-0.25, -0.2) is 4.79 Å². The predicted molar refractivity (Wildman–Crippen MR) is 92.8 cm³/mol. The molecule has 0 unspecified atom stereocenters. The van der Waals surface area contributed by atoms with Gasteiger partial charge in [-0.2, -0.15) is 0 Å². The summed E-state index contributed by atoms with van der Waals surface area (Å²) in [6, 6.07) is 11.1. The minimum atomic E-state index is -0.823. The molecule has 2 N–H and O–H groups in total. The molecule has 0 aliphatic heterocycles. The van der Waals surface area contributed by atoms with Crippen molar-refractivity contribution < 1.29 is 18.7 Å². The largest absolute Gasteiger partial charge is 0.494 e. The molecule has 2 aromatic heterocycles. The summed E-state index contributed by atoms with van der Waals surface area (Å²) in [6.07, 6.45) is 1.45. The number of benzene rings is 1. The third-order valence-electron chi connectivity index (χ3n) is 3.45. The Labute approximate surface area is 147 Å². The molecular formula is C18H15N3O5. The van der Waals surface area contributed by atoms with Crippen molar-refractivity contribution in [2.75, 3.05) is 6.61 Å². The molecule has 0 saturated carbocycles. The van der Waals surface area contributed by atoms with Crippen molar-refractivity contribution in [2.45, 2.75) is 6.92 Å². The van der Waals surface area contributed by atoms with E-state index >= 15 is 0 Å². The van der Waals surface area contributed by atoms with Gasteiger partial charge in [-0.3, -0.25) is 25.4 Å². The summed E-state index contributed by atoms with van der Waals surface area (Å²) in [6.45, 7) is 2.32. The molecule has 0 spiro atoms. The zero-order chi connectivity index (χ0) is 18.5. The Hall–Kier alpha value is -3.68. The van der Waals surface area contributed by atoms with Crippen LogP contribution in [0.2, 0.25) is 0 Å². The van der Waals surface area contributed by atoms with Crippen LogP contribution in [0.4, 0.5) is 0 Å². The van der Waals surface area contributed by atoms with Crippen molar-refractivity contribution in [3.8, 4) is 5.75 Å². The van der Waals surface area contributed by atoms with E-state index in [0.717, 1.165) is 0 Å². The first-order valence-corrected chi connectivity index (χ1v) is 7.81. The third-order valence-corrected chi connectivity index (χ3v) is 3.45. The molecule has 0 aliphatic carbocycles. The van der Waals surface area contributed by atoms with Gasteiger partial charge < -0.3 is 9.15 Å². The molecule has 3 rings (SSSR count). The molecule has 0 saturated heterocycles. The molecule has 8 nitrogen and oxygen atoms in total. The van der Waals surface area contributed by atoms with Crippen molar-refractivity contribution in [1.82, 2.24) is 15.8 Å². The molecule has 132 valence electrons. The topological polar surface area (TPSA) is 111 Å². The lowest BCUT2D eigenvalue weighted by Crippen LogP contribution is -2.43. The summed E-state index contributed by atoms with van der Waals surface area (Å²) in [4.78, 5) is 40.0. The Morgan fingerprint density at radius 2 is 1.92 bits per heavy atom. The number of hydrogen-bond donors (Lipinski definition) is 2. The number of amides is 2. The fourth-order valence-electron chi connectivity index (χ4n) is 2.25. The van der Waals surface area contributed by atoms with Gasteiger partial charge in [0.05, 0.1) is 6.61 Å². The molecule has 0 aliphatic rings. The number of fused-ring (bicyclic) bond motifs is 1. The second-order valence-corrected chi connectivity index (χ2v) is 5.20. The van der Waals surface area contributed by atoms with Gasteiger partial charge in [0.2, 0.25) is 0 Å². The molecule has 0 fully saturated rings. The minimum Gasteiger partial charge on any atom is -0.494 e. The van der Waals surface area contributed by atoms with Crippen LogP contribution in [-0.4, -0.2) is 23.4 Å². The van der Waals surface area contributed by atoms with Crippen molar-refractivity contribution in [1.29, 1.82) is 0 Å². The van der Waals surface area contributed by atoms with Gasteiger partial charge in [0.15, 0.2) is 0 Å². The summed E-state index contributed by atoms with van der Waals surface area (Å²) in [5, 5.41) is 0.550. The van der Waals surface area contributed by atoms with E-state index in [1.807, 2.05) is 6.92 Å². The minimum absolute atomic E-state index is 0.127. The number of hydrazine groups is 1. The van der Waals surface area contributed by atoms with Gasteiger partial charge in [-0.05, 0) is 37.3 Å². The van der Waals surface area contributed by atoms with Crippen LogP contribution >= 0.6 is 0 Å². The molecule has 26 heavy (non-hydrogen) atoms. The summed E-state index contributed by atoms with van der Waals surface area (Å²) in [5.41, 5.74) is 3.74. The number of nitrogens with zero attached hydrogens (tertiary/aromatic N) is 1. The SMILES string of the molecule is CCOc1ccc2cc(C(=O)NNC(=O)c3ccccn3)c(=O)oc2c1. The van der Waals surface area contributed by atoms with Crippen molar-refractivity contribution >= 4 is 22.8 Å². The van der Waals surface area contributed by atoms with Gasteiger partial charge in [0.1, 0.15) is 22.6 Å². The Morgan fingerprint density at radius 1 is 1.12 bits per heavy atom. The van der Waals surface area contributed by atoms with E-state index in [2.05, 4.69) is 15.8 Å². The Morgan fingerprint density at radius 3 is 2.65 bits per heavy atom. The van der Waals surface area contributed by atoms with Crippen LogP contribution < -0.4 is 21.2 Å². The van der Waals surface area contributed by atoms with Gasteiger partial charge in [0.25, 0.3) is 11.8 Å². The zero-order valence-corrected chi connectivity index (χ0v) is 13.8. The van der Waals surface area contributed by atoms with Crippen LogP contribution in [-0.2, 0) is 0 Å². The summed E-state index contributed by atoms with van der Waals surface area (Å²) in [7, 11) is 0. The second kappa shape index (κ2) is 7.47. The first kappa shape index (κ1) is 17.2. The Bertz CT molecular complexity index is 1010. The highest BCUT2D eigenvalue weighted by Gasteiger charge is 2.15. The number of pyridine rings is 1. The van der Waals surface area contributed by atoms with E-state index in [4.69, 9.17) is 9.15 Å². The molecular weight excluding hydrogens is 338 g/mol. The fourth-order valence-corrected chi connectivity index (χ4v) is 2.25. The number of hydrogen-bond acceptors (Lipinski definition) is 6. The number of rotatable bonds is 4. The number of aromatic nitrogens is 1. The lowest BCUT2D eigenvalue weighted by atomic mass is 10.1. The molecule has 0 radical (unpaired) electrons. The van der Waals surface area contributed by atoms with E-state index in [1.165, 1.54) is 18.3 Å². The second-order valence-electron chi connectivity index (χ2n) is 5.20. The molecule has 8 heteroatoms. The first-order chi connectivity index (χ1) is 12.6. The lowest BCUT2D eigenvalue weighted by Gasteiger charge is -2.07. The van der Waals surface area contributed by atoms with Gasteiger partial charge in [-0.15, -0.1) is 0 Å². The summed E-state index contributed by atoms with van der Waals surface area (Å²) < 4.78 is 10.5. The highest BCUT2D eigenvalue weighted by atomic mass is 16.5. The maximum absolute atomic E-state index is 12.2. The highest BCUT2D eigenvalue weighted by Crippen LogP contribution is 2.20. The number of nitrogens with one attached hydrogen (secondary N) is 2. The van der Waals surface area contributed by atoms with E-state index in [1.54, 1.807) is 30.3 Å². The Kier molecular flexibility index (Phi) is 4.93. The van der Waals surface area contributed by atoms with Gasteiger partial charge in [-0.1, -0.05) is 6.07 Å². The van der Waals surface area contributed by atoms with Crippen LogP contribution in [0.25, 0.3) is 11.0 Å². The van der Waals surface area contributed by atoms with Crippen molar-refractivity contribution in [3.63, 3.8) is 0 Å². The summed E-state index contributed by atoms with van der Waals surface area (Å²) >= 11 is 0. The van der Waals surface area contributed by atoms with Crippen LogP contribution in [0, 0.1) is 0 Å². The van der Waals surface area contributed by atoms with Crippen LogP contribution in [0.5, 0.6) is 5.75 Å². The molecule has 2 amide bonds. The number of carbonyl (C=O) groups excluding carboxylic acids is 2. The maximum atomic E-state index is 12.2. The van der Waals surface area contributed by atoms with Crippen LogP contribution in [0.1, 0.15) is 27.8 Å². The van der Waals surface area contributed by atoms with Crippen LogP contribution in [0.15, 0.2) is 57.9 Å². The average Bonchev–Trinajstić information content (AvgIpc) is 2.66. The van der Waals surface area contributed by atoms with E-state index < -0.39 is 17.4 Å². The monoisotopic (exact) mass is 353 g/mol. The van der Waals surface area contributed by atoms with Crippen molar-refractivity contribution in [3.05, 3.63) is 70.3 Å². The molecule has 1 aromatic carbocycles. The molecule has 0 bridgehead atoms. The fraction of sp³-hybridized carbons (Fsp3) is 0.111. The molecule has 0 atom stereocenters. The maximum Gasteiger partial charge on any atom is 0.349 e. The quantitative estimate of drug-likeness (QED) is 0.545. The molecule has 2 heterocycles. The smallest absolute Gasteiger partial charge is 0.349 e. The van der Waals surface area contributed by atoms with Gasteiger partial charge >= 0.3 is 5.63 Å². The standard InChI is InChI=1S/C18H15N3O5/c1-2-25-12-7-6-11-9-13(18(24)26-15(11)10-12)16(22)20-21-17(23)14-5-3-4-8-19-14/h3-10H,2H2,1H3,(H,20,22)(H,21,23). The van der Waals surface area contributed by atoms with E-state index in [-0.39, 0.29) is 11.3 Å². The Balaban J connectivity index is 1.77. The summed E-state index contributed by atoms with van der Waals surface area (Å²) in [5.74, 6) is -0.840. The number of ether oxygens (including phenoxy) is 1. The van der Waals surface area contributed by atoms with Crippen LogP contribution in [0.3, 0.4) is 0 Å². The third kappa shape index (κ3) is 3.69.